The lowest BCUT2D eigenvalue weighted by Crippen LogP contribution is -2.43. The maximum Gasteiger partial charge on any atom is 0.250 e. The minimum atomic E-state index is -1.80. The monoisotopic (exact) mass is 278 g/mol. The first kappa shape index (κ1) is 16.0. The zero-order chi connectivity index (χ0) is 14.8. The summed E-state index contributed by atoms with van der Waals surface area (Å²) in [5, 5.41) is 0.180. The van der Waals surface area contributed by atoms with Crippen LogP contribution in [0, 0.1) is 5.92 Å². The minimum absolute atomic E-state index is 0.0344. The largest absolute Gasteiger partial charge is 0.544 e. The molecule has 0 radical (unpaired) electrons. The van der Waals surface area contributed by atoms with Crippen molar-refractivity contribution >= 4 is 14.1 Å². The standard InChI is InChI=1S/C16H26O2Si/c1-12(2)15(17)13-8-10-14(11-9-13)18-19(6,7)16(3,4)5/h8-12H,1-7H3. The maximum absolute atomic E-state index is 11.9. The summed E-state index contributed by atoms with van der Waals surface area (Å²) in [7, 11) is -1.80. The van der Waals surface area contributed by atoms with Crippen molar-refractivity contribution in [1.29, 1.82) is 0 Å². The van der Waals surface area contributed by atoms with Gasteiger partial charge < -0.3 is 4.43 Å². The molecule has 0 heterocycles. The molecule has 3 heteroatoms. The summed E-state index contributed by atoms with van der Waals surface area (Å²) in [6.45, 7) is 14.9. The van der Waals surface area contributed by atoms with E-state index in [1.807, 2.05) is 38.1 Å². The molecule has 0 aliphatic carbocycles. The topological polar surface area (TPSA) is 26.3 Å². The van der Waals surface area contributed by atoms with Crippen molar-refractivity contribution in [3.05, 3.63) is 29.8 Å². The average molecular weight is 278 g/mol. The molecule has 0 aliphatic heterocycles. The summed E-state index contributed by atoms with van der Waals surface area (Å²) in [6, 6.07) is 7.56. The summed E-state index contributed by atoms with van der Waals surface area (Å²) in [4.78, 5) is 11.9. The van der Waals surface area contributed by atoms with E-state index >= 15 is 0 Å². The van der Waals surface area contributed by atoms with Crippen molar-refractivity contribution in [2.45, 2.75) is 52.8 Å². The van der Waals surface area contributed by atoms with E-state index in [9.17, 15) is 4.79 Å². The van der Waals surface area contributed by atoms with Crippen LogP contribution < -0.4 is 4.43 Å². The van der Waals surface area contributed by atoms with Crippen LogP contribution in [0.4, 0.5) is 0 Å². The van der Waals surface area contributed by atoms with Crippen LogP contribution in [-0.2, 0) is 0 Å². The molecule has 0 saturated heterocycles. The van der Waals surface area contributed by atoms with E-state index < -0.39 is 8.32 Å². The van der Waals surface area contributed by atoms with Gasteiger partial charge in [0.25, 0.3) is 0 Å². The second-order valence-corrected chi connectivity index (χ2v) is 11.6. The summed E-state index contributed by atoms with van der Waals surface area (Å²) < 4.78 is 6.19. The van der Waals surface area contributed by atoms with Gasteiger partial charge in [-0.3, -0.25) is 4.79 Å². The van der Waals surface area contributed by atoms with Crippen molar-refractivity contribution in [2.24, 2.45) is 5.92 Å². The quantitative estimate of drug-likeness (QED) is 0.578. The van der Waals surface area contributed by atoms with Crippen molar-refractivity contribution in [2.75, 3.05) is 0 Å². The first-order valence-corrected chi connectivity index (χ1v) is 9.79. The van der Waals surface area contributed by atoms with Gasteiger partial charge >= 0.3 is 0 Å². The van der Waals surface area contributed by atoms with Crippen LogP contribution >= 0.6 is 0 Å². The van der Waals surface area contributed by atoms with E-state index in [1.54, 1.807) is 0 Å². The Bertz CT molecular complexity index is 439. The molecule has 1 aromatic carbocycles. The summed E-state index contributed by atoms with van der Waals surface area (Å²) in [5.41, 5.74) is 0.762. The number of hydrogen-bond donors (Lipinski definition) is 0. The van der Waals surface area contributed by atoms with Crippen molar-refractivity contribution in [1.82, 2.24) is 0 Å². The van der Waals surface area contributed by atoms with Gasteiger partial charge in [-0.05, 0) is 42.4 Å². The number of carbonyl (C=O) groups excluding carboxylic acids is 1. The predicted molar refractivity (Wildman–Crippen MR) is 83.4 cm³/mol. The fourth-order valence-corrected chi connectivity index (χ4v) is 2.50. The molecular formula is C16H26O2Si. The van der Waals surface area contributed by atoms with Crippen molar-refractivity contribution < 1.29 is 9.22 Å². The fraction of sp³-hybridized carbons (Fsp3) is 0.562. The normalized spacial score (nSPS) is 12.6. The number of benzene rings is 1. The highest BCUT2D eigenvalue weighted by atomic mass is 28.4. The molecule has 1 aromatic rings. The number of Topliss-reactive ketones (excluding diaryl/α,β-unsaturated/α-hetero) is 1. The van der Waals surface area contributed by atoms with Gasteiger partial charge in [0.1, 0.15) is 5.75 Å². The van der Waals surface area contributed by atoms with E-state index in [2.05, 4.69) is 33.9 Å². The first-order valence-electron chi connectivity index (χ1n) is 6.88. The zero-order valence-corrected chi connectivity index (χ0v) is 14.2. The first-order chi connectivity index (χ1) is 8.54. The van der Waals surface area contributed by atoms with Gasteiger partial charge in [-0.2, -0.15) is 0 Å². The second-order valence-electron chi connectivity index (χ2n) is 6.91. The Morgan fingerprint density at radius 1 is 1.11 bits per heavy atom. The Labute approximate surface area is 118 Å². The molecule has 0 bridgehead atoms. The van der Waals surface area contributed by atoms with Crippen LogP contribution in [0.25, 0.3) is 0 Å². The molecule has 0 atom stereocenters. The second kappa shape index (κ2) is 5.49. The Hall–Kier alpha value is -1.09. The number of hydrogen-bond acceptors (Lipinski definition) is 2. The summed E-state index contributed by atoms with van der Waals surface area (Å²) in [5.74, 6) is 1.08. The van der Waals surface area contributed by atoms with Gasteiger partial charge in [0.05, 0.1) is 0 Å². The highest BCUT2D eigenvalue weighted by Crippen LogP contribution is 2.37. The molecule has 0 saturated carbocycles. The smallest absolute Gasteiger partial charge is 0.250 e. The van der Waals surface area contributed by atoms with Crippen LogP contribution in [0.5, 0.6) is 5.75 Å². The Balaban J connectivity index is 2.87. The maximum atomic E-state index is 11.9. The molecule has 0 aromatic heterocycles. The van der Waals surface area contributed by atoms with Crippen LogP contribution in [-0.4, -0.2) is 14.1 Å². The highest BCUT2D eigenvalue weighted by Gasteiger charge is 2.38. The van der Waals surface area contributed by atoms with Crippen molar-refractivity contribution in [3.63, 3.8) is 0 Å². The van der Waals surface area contributed by atoms with E-state index in [-0.39, 0.29) is 16.7 Å². The lowest BCUT2D eigenvalue weighted by atomic mass is 10.0. The Morgan fingerprint density at radius 2 is 1.58 bits per heavy atom. The molecule has 0 amide bonds. The van der Waals surface area contributed by atoms with Gasteiger partial charge in [-0.1, -0.05) is 34.6 Å². The molecule has 0 spiro atoms. The predicted octanol–water partition coefficient (Wildman–Crippen LogP) is 4.91. The molecular weight excluding hydrogens is 252 g/mol. The molecule has 0 unspecified atom stereocenters. The molecule has 19 heavy (non-hydrogen) atoms. The van der Waals surface area contributed by atoms with Crippen LogP contribution in [0.1, 0.15) is 45.0 Å². The summed E-state index contributed by atoms with van der Waals surface area (Å²) >= 11 is 0. The molecule has 0 N–H and O–H groups in total. The molecule has 0 fully saturated rings. The van der Waals surface area contributed by atoms with Crippen LogP contribution in [0.15, 0.2) is 24.3 Å². The third-order valence-electron chi connectivity index (χ3n) is 3.84. The van der Waals surface area contributed by atoms with Gasteiger partial charge in [0, 0.05) is 11.5 Å². The van der Waals surface area contributed by atoms with E-state index in [1.165, 1.54) is 0 Å². The Morgan fingerprint density at radius 3 is 1.95 bits per heavy atom. The Kier molecular flexibility index (Phi) is 4.61. The molecule has 106 valence electrons. The lowest BCUT2D eigenvalue weighted by Gasteiger charge is -2.36. The van der Waals surface area contributed by atoms with Crippen molar-refractivity contribution in [3.8, 4) is 5.75 Å². The fourth-order valence-electron chi connectivity index (χ4n) is 1.47. The average Bonchev–Trinajstić information content (AvgIpc) is 2.27. The number of rotatable bonds is 4. The van der Waals surface area contributed by atoms with Gasteiger partial charge in [-0.25, -0.2) is 0 Å². The van der Waals surface area contributed by atoms with Crippen LogP contribution in [0.3, 0.4) is 0 Å². The van der Waals surface area contributed by atoms with E-state index in [0.29, 0.717) is 0 Å². The highest BCUT2D eigenvalue weighted by molar-refractivity contribution is 6.74. The number of carbonyl (C=O) groups is 1. The van der Waals surface area contributed by atoms with E-state index in [0.717, 1.165) is 11.3 Å². The SMILES string of the molecule is CC(C)C(=O)c1ccc(O[Si](C)(C)C(C)(C)C)cc1. The van der Waals surface area contributed by atoms with Gasteiger partial charge in [-0.15, -0.1) is 0 Å². The van der Waals surface area contributed by atoms with Crippen LogP contribution in [0.2, 0.25) is 18.1 Å². The van der Waals surface area contributed by atoms with Gasteiger partial charge in [0.15, 0.2) is 5.78 Å². The molecule has 1 rings (SSSR count). The third-order valence-corrected chi connectivity index (χ3v) is 8.20. The minimum Gasteiger partial charge on any atom is -0.544 e. The number of ketones is 1. The third kappa shape index (κ3) is 3.93. The molecule has 2 nitrogen and oxygen atoms in total. The summed E-state index contributed by atoms with van der Waals surface area (Å²) in [6.07, 6.45) is 0. The molecule has 0 aliphatic rings. The van der Waals surface area contributed by atoms with E-state index in [4.69, 9.17) is 4.43 Å². The van der Waals surface area contributed by atoms with Gasteiger partial charge in [0.2, 0.25) is 8.32 Å². The lowest BCUT2D eigenvalue weighted by molar-refractivity contribution is 0.0939. The zero-order valence-electron chi connectivity index (χ0n) is 13.2.